The Morgan fingerprint density at radius 1 is 0.897 bits per heavy atom. The van der Waals surface area contributed by atoms with E-state index in [1.54, 1.807) is 24.3 Å². The minimum Gasteiger partial charge on any atom is -0.457 e. The maximum absolute atomic E-state index is 12.1. The maximum Gasteiger partial charge on any atom is 0.325 e. The zero-order valence-corrected chi connectivity index (χ0v) is 16.8. The summed E-state index contributed by atoms with van der Waals surface area (Å²) in [4.78, 5) is 35.6. The molecule has 0 aliphatic carbocycles. The van der Waals surface area contributed by atoms with Crippen LogP contribution in [0.15, 0.2) is 54.6 Å². The van der Waals surface area contributed by atoms with Crippen LogP contribution in [0.5, 0.6) is 11.5 Å². The molecule has 1 atom stereocenters. The first-order valence-electron chi connectivity index (χ1n) is 9.41. The fourth-order valence-corrected chi connectivity index (χ4v) is 2.21. The first-order valence-corrected chi connectivity index (χ1v) is 9.41. The van der Waals surface area contributed by atoms with Crippen molar-refractivity contribution in [3.63, 3.8) is 0 Å². The number of carbonyl (C=O) groups is 3. The van der Waals surface area contributed by atoms with Crippen molar-refractivity contribution in [2.75, 3.05) is 13.2 Å². The molecule has 0 aliphatic heterocycles. The van der Waals surface area contributed by atoms with Crippen LogP contribution in [0.4, 0.5) is 0 Å². The van der Waals surface area contributed by atoms with E-state index in [-0.39, 0.29) is 31.0 Å². The zero-order chi connectivity index (χ0) is 21.2. The lowest BCUT2D eigenvalue weighted by Crippen LogP contribution is -2.39. The molecule has 2 aromatic carbocycles. The normalized spacial score (nSPS) is 11.4. The molecule has 2 amide bonds. The summed E-state index contributed by atoms with van der Waals surface area (Å²) in [5.41, 5.74) is 0.377. The van der Waals surface area contributed by atoms with Crippen molar-refractivity contribution in [2.24, 2.45) is 5.92 Å². The summed E-state index contributed by atoms with van der Waals surface area (Å²) in [7, 11) is 0. The van der Waals surface area contributed by atoms with Crippen molar-refractivity contribution in [3.05, 3.63) is 60.2 Å². The van der Waals surface area contributed by atoms with Crippen LogP contribution in [0.2, 0.25) is 0 Å². The molecule has 0 radical (unpaired) electrons. The molecule has 7 nitrogen and oxygen atoms in total. The number of esters is 1. The molecule has 154 valence electrons. The van der Waals surface area contributed by atoms with E-state index in [2.05, 4.69) is 10.6 Å². The number of benzene rings is 2. The highest BCUT2D eigenvalue weighted by Crippen LogP contribution is 2.21. The molecular formula is C22H26N2O5. The van der Waals surface area contributed by atoms with Crippen LogP contribution in [0.25, 0.3) is 0 Å². The van der Waals surface area contributed by atoms with E-state index in [0.717, 1.165) is 0 Å². The first-order chi connectivity index (χ1) is 13.8. The van der Waals surface area contributed by atoms with E-state index in [1.807, 2.05) is 51.1 Å². The zero-order valence-electron chi connectivity index (χ0n) is 16.8. The van der Waals surface area contributed by atoms with Gasteiger partial charge in [0.15, 0.2) is 6.61 Å². The third-order valence-electron chi connectivity index (χ3n) is 4.24. The number of rotatable bonds is 9. The molecule has 2 N–H and O–H groups in total. The number of hydrogen-bond acceptors (Lipinski definition) is 5. The minimum atomic E-state index is -0.685. The Morgan fingerprint density at radius 2 is 1.52 bits per heavy atom. The van der Waals surface area contributed by atoms with Crippen LogP contribution >= 0.6 is 0 Å². The monoisotopic (exact) mass is 398 g/mol. The first kappa shape index (κ1) is 21.9. The lowest BCUT2D eigenvalue weighted by molar-refractivity contribution is -0.147. The van der Waals surface area contributed by atoms with Crippen LogP contribution in [0.1, 0.15) is 31.1 Å². The largest absolute Gasteiger partial charge is 0.457 e. The smallest absolute Gasteiger partial charge is 0.325 e. The van der Waals surface area contributed by atoms with Gasteiger partial charge >= 0.3 is 5.97 Å². The van der Waals surface area contributed by atoms with Crippen molar-refractivity contribution in [1.29, 1.82) is 0 Å². The Kier molecular flexibility index (Phi) is 8.21. The molecule has 0 aliphatic rings. The van der Waals surface area contributed by atoms with Crippen LogP contribution in [0.3, 0.4) is 0 Å². The van der Waals surface area contributed by atoms with Crippen molar-refractivity contribution in [2.45, 2.75) is 26.8 Å². The summed E-state index contributed by atoms with van der Waals surface area (Å²) in [6.07, 6.45) is 0. The van der Waals surface area contributed by atoms with Gasteiger partial charge in [0.25, 0.3) is 11.8 Å². The van der Waals surface area contributed by atoms with Crippen LogP contribution < -0.4 is 15.4 Å². The maximum atomic E-state index is 12.1. The standard InChI is InChI=1S/C22H26N2O5/c1-15(2)16(3)24-20(25)14-28-21(26)13-23-22(27)17-9-11-19(12-10-17)29-18-7-5-4-6-8-18/h4-12,15-16H,13-14H2,1-3H3,(H,23,27)(H,24,25)/t16-/m1/s1. The number of para-hydroxylation sites is 1. The quantitative estimate of drug-likeness (QED) is 0.634. The number of nitrogens with one attached hydrogen (secondary N) is 2. The SMILES string of the molecule is CC(C)[C@@H](C)NC(=O)COC(=O)CNC(=O)c1ccc(Oc2ccccc2)cc1. The Bertz CT molecular complexity index is 819. The summed E-state index contributed by atoms with van der Waals surface area (Å²) in [6, 6.07) is 15.8. The minimum absolute atomic E-state index is 0.0188. The summed E-state index contributed by atoms with van der Waals surface area (Å²) >= 11 is 0. The van der Waals surface area contributed by atoms with E-state index in [9.17, 15) is 14.4 Å². The molecular weight excluding hydrogens is 372 g/mol. The molecule has 0 fully saturated rings. The van der Waals surface area contributed by atoms with Crippen molar-refractivity contribution in [3.8, 4) is 11.5 Å². The van der Waals surface area contributed by atoms with Gasteiger partial charge in [-0.15, -0.1) is 0 Å². The van der Waals surface area contributed by atoms with E-state index in [4.69, 9.17) is 9.47 Å². The van der Waals surface area contributed by atoms with Gasteiger partial charge in [-0.05, 0) is 49.2 Å². The highest BCUT2D eigenvalue weighted by Gasteiger charge is 2.14. The summed E-state index contributed by atoms with van der Waals surface area (Å²) in [5.74, 6) is 0.0761. The number of carbonyl (C=O) groups excluding carboxylic acids is 3. The molecule has 29 heavy (non-hydrogen) atoms. The Morgan fingerprint density at radius 3 is 2.14 bits per heavy atom. The Hall–Kier alpha value is -3.35. The molecule has 0 saturated heterocycles. The summed E-state index contributed by atoms with van der Waals surface area (Å²) < 4.78 is 10.5. The van der Waals surface area contributed by atoms with E-state index in [0.29, 0.717) is 17.1 Å². The molecule has 0 bridgehead atoms. The summed E-state index contributed by atoms with van der Waals surface area (Å²) in [5, 5.41) is 5.20. The fourth-order valence-electron chi connectivity index (χ4n) is 2.21. The van der Waals surface area contributed by atoms with Gasteiger partial charge in [0.2, 0.25) is 0 Å². The molecule has 2 aromatic rings. The Balaban J connectivity index is 1.74. The van der Waals surface area contributed by atoms with Gasteiger partial charge < -0.3 is 20.1 Å². The molecule has 0 spiro atoms. The highest BCUT2D eigenvalue weighted by atomic mass is 16.5. The third kappa shape index (κ3) is 7.65. The molecule has 7 heteroatoms. The number of amides is 2. The van der Waals surface area contributed by atoms with Crippen LogP contribution in [-0.4, -0.2) is 37.0 Å². The predicted molar refractivity (Wildman–Crippen MR) is 109 cm³/mol. The topological polar surface area (TPSA) is 93.7 Å². The second kappa shape index (κ2) is 10.8. The molecule has 0 aromatic heterocycles. The van der Waals surface area contributed by atoms with Gasteiger partial charge in [-0.2, -0.15) is 0 Å². The average molecular weight is 398 g/mol. The van der Waals surface area contributed by atoms with Gasteiger partial charge in [-0.1, -0.05) is 32.0 Å². The average Bonchev–Trinajstić information content (AvgIpc) is 2.71. The third-order valence-corrected chi connectivity index (χ3v) is 4.24. The van der Waals surface area contributed by atoms with Crippen LogP contribution in [0, 0.1) is 5.92 Å². The predicted octanol–water partition coefficient (Wildman–Crippen LogP) is 2.91. The van der Waals surface area contributed by atoms with E-state index < -0.39 is 11.9 Å². The van der Waals surface area contributed by atoms with Gasteiger partial charge in [0.1, 0.15) is 18.0 Å². The van der Waals surface area contributed by atoms with Gasteiger partial charge in [0, 0.05) is 11.6 Å². The molecule has 0 heterocycles. The second-order valence-corrected chi connectivity index (χ2v) is 6.88. The van der Waals surface area contributed by atoms with E-state index in [1.165, 1.54) is 0 Å². The lowest BCUT2D eigenvalue weighted by atomic mass is 10.1. The Labute approximate surface area is 170 Å². The number of ether oxygens (including phenoxy) is 2. The van der Waals surface area contributed by atoms with E-state index >= 15 is 0 Å². The van der Waals surface area contributed by atoms with Gasteiger partial charge in [-0.3, -0.25) is 14.4 Å². The lowest BCUT2D eigenvalue weighted by Gasteiger charge is -2.17. The molecule has 0 unspecified atom stereocenters. The molecule has 2 rings (SSSR count). The van der Waals surface area contributed by atoms with Crippen molar-refractivity contribution >= 4 is 17.8 Å². The number of hydrogen-bond donors (Lipinski definition) is 2. The van der Waals surface area contributed by atoms with Crippen molar-refractivity contribution in [1.82, 2.24) is 10.6 Å². The fraction of sp³-hybridized carbons (Fsp3) is 0.318. The van der Waals surface area contributed by atoms with Crippen molar-refractivity contribution < 1.29 is 23.9 Å². The highest BCUT2D eigenvalue weighted by molar-refractivity contribution is 5.96. The molecule has 0 saturated carbocycles. The van der Waals surface area contributed by atoms with Crippen LogP contribution in [-0.2, 0) is 14.3 Å². The van der Waals surface area contributed by atoms with Gasteiger partial charge in [-0.25, -0.2) is 0 Å². The second-order valence-electron chi connectivity index (χ2n) is 6.88. The summed E-state index contributed by atoms with van der Waals surface area (Å²) in [6.45, 7) is 5.13. The van der Waals surface area contributed by atoms with Gasteiger partial charge in [0.05, 0.1) is 0 Å².